The maximum absolute atomic E-state index is 12.1. The van der Waals surface area contributed by atoms with Gasteiger partial charge in [-0.15, -0.1) is 0 Å². The zero-order valence-electron chi connectivity index (χ0n) is 18.3. The number of benzene rings is 1. The quantitative estimate of drug-likeness (QED) is 0.257. The van der Waals surface area contributed by atoms with Crippen molar-refractivity contribution < 1.29 is 9.53 Å². The Hall–Kier alpha value is -1.81. The van der Waals surface area contributed by atoms with Crippen molar-refractivity contribution in [3.05, 3.63) is 36.0 Å². The molecule has 29 heavy (non-hydrogen) atoms. The minimum Gasteiger partial charge on any atom is -0.465 e. The van der Waals surface area contributed by atoms with Gasteiger partial charge in [0, 0.05) is 23.5 Å². The number of esters is 1. The lowest BCUT2D eigenvalue weighted by molar-refractivity contribution is -0.145. The minimum absolute atomic E-state index is 0.293. The molecule has 0 amide bonds. The first-order valence-electron chi connectivity index (χ1n) is 11.7. The van der Waals surface area contributed by atoms with Gasteiger partial charge in [0.1, 0.15) is 6.04 Å². The summed E-state index contributed by atoms with van der Waals surface area (Å²) in [5.41, 5.74) is 8.19. The highest BCUT2D eigenvalue weighted by Gasteiger charge is 2.17. The van der Waals surface area contributed by atoms with E-state index in [0.717, 1.165) is 29.3 Å². The van der Waals surface area contributed by atoms with Crippen LogP contribution in [0, 0.1) is 0 Å². The molecule has 0 aliphatic rings. The second-order valence-corrected chi connectivity index (χ2v) is 8.23. The highest BCUT2D eigenvalue weighted by molar-refractivity contribution is 5.84. The van der Waals surface area contributed by atoms with E-state index in [9.17, 15) is 4.79 Å². The summed E-state index contributed by atoms with van der Waals surface area (Å²) in [6.07, 6.45) is 18.0. The number of rotatable bonds is 16. The average Bonchev–Trinajstić information content (AvgIpc) is 3.14. The van der Waals surface area contributed by atoms with Crippen LogP contribution in [-0.2, 0) is 16.0 Å². The van der Waals surface area contributed by atoms with Gasteiger partial charge in [-0.3, -0.25) is 4.79 Å². The Bertz CT molecular complexity index is 695. The molecular formula is C25H40N2O2. The van der Waals surface area contributed by atoms with E-state index >= 15 is 0 Å². The lowest BCUT2D eigenvalue weighted by Gasteiger charge is -2.11. The number of nitrogens with one attached hydrogen (secondary N) is 1. The Morgan fingerprint density at radius 3 is 2.17 bits per heavy atom. The van der Waals surface area contributed by atoms with E-state index < -0.39 is 6.04 Å². The molecule has 162 valence electrons. The number of hydrogen-bond acceptors (Lipinski definition) is 3. The van der Waals surface area contributed by atoms with Crippen LogP contribution < -0.4 is 5.73 Å². The van der Waals surface area contributed by atoms with E-state index in [1.807, 2.05) is 30.5 Å². The van der Waals surface area contributed by atoms with Gasteiger partial charge in [0.05, 0.1) is 6.61 Å². The van der Waals surface area contributed by atoms with Crippen LogP contribution in [0.2, 0.25) is 0 Å². The Balaban J connectivity index is 1.46. The molecule has 4 nitrogen and oxygen atoms in total. The number of fused-ring (bicyclic) bond motifs is 1. The molecule has 2 aromatic rings. The second kappa shape index (κ2) is 14.2. The number of ether oxygens (including phenoxy) is 1. The maximum atomic E-state index is 12.1. The maximum Gasteiger partial charge on any atom is 0.323 e. The molecule has 0 radical (unpaired) electrons. The molecule has 1 aromatic carbocycles. The molecule has 0 fully saturated rings. The van der Waals surface area contributed by atoms with Gasteiger partial charge in [0.15, 0.2) is 0 Å². The van der Waals surface area contributed by atoms with E-state index in [-0.39, 0.29) is 5.97 Å². The van der Waals surface area contributed by atoms with Crippen LogP contribution in [0.15, 0.2) is 30.5 Å². The molecule has 1 atom stereocenters. The first-order valence-corrected chi connectivity index (χ1v) is 11.7. The van der Waals surface area contributed by atoms with Gasteiger partial charge < -0.3 is 15.5 Å². The summed E-state index contributed by atoms with van der Waals surface area (Å²) in [6, 6.07) is 7.46. The highest BCUT2D eigenvalue weighted by atomic mass is 16.5. The first-order chi connectivity index (χ1) is 14.2. The number of para-hydroxylation sites is 1. The number of unbranched alkanes of at least 4 members (excludes halogenated alkanes) is 11. The Labute approximate surface area is 176 Å². The van der Waals surface area contributed by atoms with Crippen molar-refractivity contribution in [1.29, 1.82) is 0 Å². The molecule has 4 heteroatoms. The molecule has 1 heterocycles. The molecule has 0 aliphatic carbocycles. The summed E-state index contributed by atoms with van der Waals surface area (Å²) in [4.78, 5) is 15.4. The monoisotopic (exact) mass is 400 g/mol. The fourth-order valence-corrected chi connectivity index (χ4v) is 3.84. The molecule has 0 saturated carbocycles. The number of aromatic amines is 1. The van der Waals surface area contributed by atoms with E-state index in [2.05, 4.69) is 11.9 Å². The lowest BCUT2D eigenvalue weighted by Crippen LogP contribution is -2.34. The molecule has 3 N–H and O–H groups in total. The smallest absolute Gasteiger partial charge is 0.323 e. The predicted octanol–water partition coefficient (Wildman–Crippen LogP) is 6.28. The number of hydrogen-bond donors (Lipinski definition) is 2. The summed E-state index contributed by atoms with van der Waals surface area (Å²) in [7, 11) is 0. The summed E-state index contributed by atoms with van der Waals surface area (Å²) in [5.74, 6) is -0.293. The fraction of sp³-hybridized carbons (Fsp3) is 0.640. The first kappa shape index (κ1) is 23.5. The van der Waals surface area contributed by atoms with Crippen LogP contribution in [0.5, 0.6) is 0 Å². The molecule has 0 saturated heterocycles. The molecule has 0 bridgehead atoms. The summed E-state index contributed by atoms with van der Waals surface area (Å²) in [5, 5.41) is 1.12. The van der Waals surface area contributed by atoms with Crippen LogP contribution in [-0.4, -0.2) is 23.6 Å². The van der Waals surface area contributed by atoms with E-state index in [0.29, 0.717) is 13.0 Å². The van der Waals surface area contributed by atoms with Crippen molar-refractivity contribution >= 4 is 16.9 Å². The third-order valence-corrected chi connectivity index (χ3v) is 5.66. The SMILES string of the molecule is CCCCCCCCCCCCCCOC(=O)[C@@H](N)Cc1c[nH]c2ccccc12. The van der Waals surface area contributed by atoms with E-state index in [1.165, 1.54) is 64.2 Å². The van der Waals surface area contributed by atoms with Crippen molar-refractivity contribution in [3.63, 3.8) is 0 Å². The largest absolute Gasteiger partial charge is 0.465 e. The van der Waals surface area contributed by atoms with Crippen molar-refractivity contribution in [2.45, 2.75) is 96.4 Å². The van der Waals surface area contributed by atoms with Crippen molar-refractivity contribution in [2.24, 2.45) is 5.73 Å². The average molecular weight is 401 g/mol. The minimum atomic E-state index is -0.605. The normalized spacial score (nSPS) is 12.3. The number of carbonyl (C=O) groups excluding carboxylic acids is 1. The summed E-state index contributed by atoms with van der Waals surface area (Å²) >= 11 is 0. The molecule has 0 aliphatic heterocycles. The zero-order valence-corrected chi connectivity index (χ0v) is 18.3. The van der Waals surface area contributed by atoms with Gasteiger partial charge >= 0.3 is 5.97 Å². The van der Waals surface area contributed by atoms with Crippen LogP contribution in [0.3, 0.4) is 0 Å². The second-order valence-electron chi connectivity index (χ2n) is 8.23. The van der Waals surface area contributed by atoms with Crippen molar-refractivity contribution in [2.75, 3.05) is 6.61 Å². The highest BCUT2D eigenvalue weighted by Crippen LogP contribution is 2.19. The number of aromatic nitrogens is 1. The van der Waals surface area contributed by atoms with E-state index in [4.69, 9.17) is 10.5 Å². The molecular weight excluding hydrogens is 360 g/mol. The van der Waals surface area contributed by atoms with Gasteiger partial charge in [-0.25, -0.2) is 0 Å². The van der Waals surface area contributed by atoms with Gasteiger partial charge in [-0.05, 0) is 18.1 Å². The molecule has 0 spiro atoms. The van der Waals surface area contributed by atoms with Gasteiger partial charge in [-0.2, -0.15) is 0 Å². The lowest BCUT2D eigenvalue weighted by atomic mass is 10.1. The third-order valence-electron chi connectivity index (χ3n) is 5.66. The van der Waals surface area contributed by atoms with E-state index in [1.54, 1.807) is 0 Å². The van der Waals surface area contributed by atoms with Crippen LogP contribution >= 0.6 is 0 Å². The topological polar surface area (TPSA) is 68.1 Å². The zero-order chi connectivity index (χ0) is 20.7. The van der Waals surface area contributed by atoms with Crippen molar-refractivity contribution in [1.82, 2.24) is 4.98 Å². The third kappa shape index (κ3) is 9.03. The predicted molar refractivity (Wildman–Crippen MR) is 122 cm³/mol. The number of carbonyl (C=O) groups is 1. The molecule has 2 rings (SSSR count). The summed E-state index contributed by atoms with van der Waals surface area (Å²) in [6.45, 7) is 2.75. The van der Waals surface area contributed by atoms with Gasteiger partial charge in [0.2, 0.25) is 0 Å². The Morgan fingerprint density at radius 2 is 1.52 bits per heavy atom. The van der Waals surface area contributed by atoms with Gasteiger partial charge in [-0.1, -0.05) is 95.8 Å². The van der Waals surface area contributed by atoms with Crippen LogP contribution in [0.25, 0.3) is 10.9 Å². The fourth-order valence-electron chi connectivity index (χ4n) is 3.84. The summed E-state index contributed by atoms with van der Waals surface area (Å²) < 4.78 is 5.38. The standard InChI is InChI=1S/C25H40N2O2/c1-2-3-4-5-6-7-8-9-10-11-12-15-18-29-25(28)23(26)19-21-20-27-24-17-14-13-16-22(21)24/h13-14,16-17,20,23,27H,2-12,15,18-19,26H2,1H3/t23-/m0/s1. The van der Waals surface area contributed by atoms with Crippen LogP contribution in [0.1, 0.15) is 89.5 Å². The Morgan fingerprint density at radius 1 is 0.931 bits per heavy atom. The molecule has 0 unspecified atom stereocenters. The van der Waals surface area contributed by atoms with Gasteiger partial charge in [0.25, 0.3) is 0 Å². The number of H-pyrrole nitrogens is 1. The number of nitrogens with two attached hydrogens (primary N) is 1. The van der Waals surface area contributed by atoms with Crippen LogP contribution in [0.4, 0.5) is 0 Å². The van der Waals surface area contributed by atoms with Crippen molar-refractivity contribution in [3.8, 4) is 0 Å². The molecule has 1 aromatic heterocycles. The Kier molecular flexibility index (Phi) is 11.5.